The highest BCUT2D eigenvalue weighted by Gasteiger charge is 2.40. The number of rotatable bonds is 8. The van der Waals surface area contributed by atoms with Crippen LogP contribution in [0.3, 0.4) is 0 Å². The summed E-state index contributed by atoms with van der Waals surface area (Å²) in [7, 11) is -2.32. The number of hydrogen-bond donors (Lipinski definition) is 0. The summed E-state index contributed by atoms with van der Waals surface area (Å²) in [6, 6.07) is 2.70. The van der Waals surface area contributed by atoms with Crippen LogP contribution in [0.1, 0.15) is 73.6 Å². The zero-order valence-corrected chi connectivity index (χ0v) is 19.0. The fraction of sp³-hybridized carbons (Fsp3) is 0.900. The molecule has 27 heavy (non-hydrogen) atoms. The van der Waals surface area contributed by atoms with E-state index in [4.69, 9.17) is 9.16 Å². The molecular weight excluding hydrogens is 360 g/mol. The Hall–Kier alpha value is -1.24. The largest absolute Gasteiger partial charge is 0.501 e. The van der Waals surface area contributed by atoms with E-state index in [1.807, 2.05) is 0 Å². The molecule has 7 heteroatoms. The van der Waals surface area contributed by atoms with Crippen LogP contribution in [0, 0.1) is 17.8 Å². The third-order valence-corrected chi connectivity index (χ3v) is 9.97. The Morgan fingerprint density at radius 3 is 1.70 bits per heavy atom. The van der Waals surface area contributed by atoms with Crippen molar-refractivity contribution in [2.24, 2.45) is 28.0 Å². The van der Waals surface area contributed by atoms with Crippen LogP contribution in [0.2, 0.25) is 18.1 Å². The third-order valence-electron chi connectivity index (χ3n) is 4.68. The maximum Gasteiger partial charge on any atom is 0.452 e. The molecule has 1 aliphatic carbocycles. The van der Waals surface area contributed by atoms with Crippen molar-refractivity contribution < 1.29 is 18.8 Å². The monoisotopic (exact) mass is 398 g/mol. The average Bonchev–Trinajstić information content (AvgIpc) is 2.51. The van der Waals surface area contributed by atoms with Gasteiger partial charge in [0, 0.05) is 0 Å². The highest BCUT2D eigenvalue weighted by atomic mass is 28.4. The molecule has 0 aliphatic heterocycles. The molecule has 0 atom stereocenters. The minimum absolute atomic E-state index is 0.0995. The lowest BCUT2D eigenvalue weighted by Crippen LogP contribution is -2.43. The van der Waals surface area contributed by atoms with Gasteiger partial charge in [-0.15, -0.1) is 0 Å². The minimum Gasteiger partial charge on any atom is -0.501 e. The van der Waals surface area contributed by atoms with Crippen LogP contribution in [0.15, 0.2) is 10.2 Å². The molecule has 6 nitrogen and oxygen atoms in total. The molecule has 0 aromatic rings. The van der Waals surface area contributed by atoms with Crippen LogP contribution in [0.25, 0.3) is 0 Å². The van der Waals surface area contributed by atoms with Crippen molar-refractivity contribution in [3.63, 3.8) is 0 Å². The molecule has 1 rings (SSSR count). The lowest BCUT2D eigenvalue weighted by atomic mass is 9.98. The maximum absolute atomic E-state index is 12.3. The minimum atomic E-state index is -2.32. The van der Waals surface area contributed by atoms with Crippen molar-refractivity contribution >= 4 is 20.5 Å². The molecule has 1 saturated carbocycles. The topological polar surface area (TPSA) is 77.3 Å². The number of amides is 2. The summed E-state index contributed by atoms with van der Waals surface area (Å²) in [6.45, 7) is 12.9. The summed E-state index contributed by atoms with van der Waals surface area (Å²) >= 11 is 0. The first-order chi connectivity index (χ1) is 12.6. The Morgan fingerprint density at radius 1 is 0.815 bits per heavy atom. The molecule has 156 valence electrons. The van der Waals surface area contributed by atoms with Gasteiger partial charge in [-0.25, -0.2) is 9.59 Å². The summed E-state index contributed by atoms with van der Waals surface area (Å²) in [5.41, 5.74) is 0. The number of carbonyl (C=O) groups excluding carboxylic acids is 2. The van der Waals surface area contributed by atoms with E-state index in [2.05, 4.69) is 51.8 Å². The van der Waals surface area contributed by atoms with Crippen molar-refractivity contribution in [1.82, 2.24) is 0 Å². The Morgan fingerprint density at radius 2 is 1.26 bits per heavy atom. The maximum atomic E-state index is 12.3. The van der Waals surface area contributed by atoms with Gasteiger partial charge in [0.1, 0.15) is 6.10 Å². The van der Waals surface area contributed by atoms with Gasteiger partial charge in [-0.2, -0.15) is 0 Å². The first-order valence-electron chi connectivity index (χ1n) is 10.5. The molecule has 0 radical (unpaired) electrons. The number of ether oxygens (including phenoxy) is 1. The van der Waals surface area contributed by atoms with Gasteiger partial charge in [0.25, 0.3) is 8.32 Å². The van der Waals surface area contributed by atoms with E-state index in [1.54, 1.807) is 0 Å². The Kier molecular flexibility index (Phi) is 10.2. The van der Waals surface area contributed by atoms with Gasteiger partial charge in [-0.3, -0.25) is 0 Å². The molecule has 0 unspecified atom stereocenters. The number of nitrogens with zero attached hydrogens (tertiary/aromatic N) is 2. The van der Waals surface area contributed by atoms with Gasteiger partial charge in [0.2, 0.25) is 0 Å². The van der Waals surface area contributed by atoms with E-state index in [9.17, 15) is 9.59 Å². The van der Waals surface area contributed by atoms with Crippen LogP contribution in [-0.2, 0) is 9.16 Å². The second kappa shape index (κ2) is 11.6. The van der Waals surface area contributed by atoms with E-state index < -0.39 is 20.5 Å². The molecular formula is C20H38N2O4Si. The van der Waals surface area contributed by atoms with Crippen LogP contribution in [0.5, 0.6) is 0 Å². The fourth-order valence-corrected chi connectivity index (χ4v) is 9.87. The first kappa shape index (κ1) is 23.8. The summed E-state index contributed by atoms with van der Waals surface area (Å²) in [5, 5.41) is 6.97. The molecule has 0 saturated heterocycles. The quantitative estimate of drug-likeness (QED) is 0.327. The van der Waals surface area contributed by atoms with Crippen molar-refractivity contribution in [3.05, 3.63) is 0 Å². The molecule has 1 fully saturated rings. The van der Waals surface area contributed by atoms with Crippen LogP contribution in [-0.4, -0.2) is 26.6 Å². The molecule has 2 amide bonds. The van der Waals surface area contributed by atoms with E-state index in [-0.39, 0.29) is 6.10 Å². The zero-order chi connectivity index (χ0) is 20.4. The second-order valence-electron chi connectivity index (χ2n) is 9.19. The summed E-state index contributed by atoms with van der Waals surface area (Å²) in [5.74, 6) is 1.32. The standard InChI is InChI=1S/C20H38N2O4Si/c1-15(2)12-27(13-16(3)4,14-17(5)6)26-20(24)22-21-19(23)25-18-10-8-7-9-11-18/h15-18H,7-14H2,1-6H3/b22-21+. The van der Waals surface area contributed by atoms with E-state index in [0.29, 0.717) is 17.8 Å². The predicted molar refractivity (Wildman–Crippen MR) is 109 cm³/mol. The third kappa shape index (κ3) is 10.0. The highest BCUT2D eigenvalue weighted by Crippen LogP contribution is 2.33. The summed E-state index contributed by atoms with van der Waals surface area (Å²) < 4.78 is 11.2. The predicted octanol–water partition coefficient (Wildman–Crippen LogP) is 6.96. The molecule has 0 N–H and O–H groups in total. The van der Waals surface area contributed by atoms with Crippen LogP contribution >= 0.6 is 0 Å². The molecule has 0 aromatic carbocycles. The van der Waals surface area contributed by atoms with Crippen molar-refractivity contribution in [1.29, 1.82) is 0 Å². The summed E-state index contributed by atoms with van der Waals surface area (Å²) in [6.07, 6.45) is 3.38. The number of hydrogen-bond acceptors (Lipinski definition) is 4. The number of azo groups is 1. The lowest BCUT2D eigenvalue weighted by molar-refractivity contribution is 0.0816. The van der Waals surface area contributed by atoms with Crippen molar-refractivity contribution in [3.8, 4) is 0 Å². The lowest BCUT2D eigenvalue weighted by Gasteiger charge is -2.34. The fourth-order valence-electron chi connectivity index (χ4n) is 4.24. The Bertz CT molecular complexity index is 474. The van der Waals surface area contributed by atoms with Gasteiger partial charge < -0.3 is 9.16 Å². The normalized spacial score (nSPS) is 16.5. The molecule has 0 aromatic heterocycles. The molecule has 0 heterocycles. The highest BCUT2D eigenvalue weighted by molar-refractivity contribution is 6.75. The summed E-state index contributed by atoms with van der Waals surface area (Å²) in [4.78, 5) is 24.2. The van der Waals surface area contributed by atoms with Gasteiger partial charge in [-0.05, 0) is 61.6 Å². The van der Waals surface area contributed by atoms with E-state index in [0.717, 1.165) is 43.8 Å². The molecule has 0 spiro atoms. The van der Waals surface area contributed by atoms with Gasteiger partial charge in [0.05, 0.1) is 0 Å². The van der Waals surface area contributed by atoms with E-state index in [1.165, 1.54) is 6.42 Å². The Labute approximate surface area is 165 Å². The average molecular weight is 399 g/mol. The number of carbonyl (C=O) groups is 2. The SMILES string of the molecule is CC(C)C[Si](CC(C)C)(CC(C)C)OC(=O)/N=N/C(=O)OC1CCCCC1. The first-order valence-corrected chi connectivity index (χ1v) is 13.0. The zero-order valence-electron chi connectivity index (χ0n) is 18.0. The van der Waals surface area contributed by atoms with Crippen molar-refractivity contribution in [2.45, 2.75) is 97.9 Å². The molecule has 1 aliphatic rings. The van der Waals surface area contributed by atoms with Gasteiger partial charge >= 0.3 is 12.2 Å². The van der Waals surface area contributed by atoms with Gasteiger partial charge in [0.15, 0.2) is 0 Å². The van der Waals surface area contributed by atoms with Crippen LogP contribution in [0.4, 0.5) is 9.59 Å². The van der Waals surface area contributed by atoms with Crippen molar-refractivity contribution in [2.75, 3.05) is 0 Å². The smallest absolute Gasteiger partial charge is 0.452 e. The van der Waals surface area contributed by atoms with Crippen LogP contribution < -0.4 is 0 Å². The van der Waals surface area contributed by atoms with Gasteiger partial charge in [-0.1, -0.05) is 58.2 Å². The van der Waals surface area contributed by atoms with E-state index >= 15 is 0 Å². The Balaban J connectivity index is 2.73. The second-order valence-corrected chi connectivity index (χ2v) is 13.0. The molecule has 0 bridgehead atoms.